The SMILES string of the molecule is CCC(C)(C(=O)Nc1ccc(N2CCOCC2)cc1)N(Cc1ccc(Cl)cc1)C(=O)Cn1nnc2ccccc21. The molecule has 1 unspecified atom stereocenters. The smallest absolute Gasteiger partial charge is 0.250 e. The molecule has 5 rings (SSSR count). The van der Waals surface area contributed by atoms with Gasteiger partial charge in [0.05, 0.1) is 18.7 Å². The van der Waals surface area contributed by atoms with Crippen LogP contribution < -0.4 is 10.2 Å². The summed E-state index contributed by atoms with van der Waals surface area (Å²) in [6.45, 7) is 6.97. The average Bonchev–Trinajstić information content (AvgIpc) is 3.39. The molecule has 0 radical (unpaired) electrons. The van der Waals surface area contributed by atoms with Gasteiger partial charge in [-0.05, 0) is 67.4 Å². The zero-order chi connectivity index (χ0) is 28.1. The summed E-state index contributed by atoms with van der Waals surface area (Å²) in [5.41, 5.74) is 2.93. The summed E-state index contributed by atoms with van der Waals surface area (Å²) in [7, 11) is 0. The Bertz CT molecular complexity index is 1470. The van der Waals surface area contributed by atoms with Gasteiger partial charge in [-0.3, -0.25) is 9.59 Å². The Morgan fingerprint density at radius 1 is 1.02 bits per heavy atom. The lowest BCUT2D eigenvalue weighted by atomic mass is 9.93. The second kappa shape index (κ2) is 12.1. The monoisotopic (exact) mass is 560 g/mol. The molecule has 1 aliphatic rings. The van der Waals surface area contributed by atoms with E-state index in [0.29, 0.717) is 35.9 Å². The third-order valence-electron chi connectivity index (χ3n) is 7.54. The van der Waals surface area contributed by atoms with E-state index in [4.69, 9.17) is 16.3 Å². The molecule has 40 heavy (non-hydrogen) atoms. The van der Waals surface area contributed by atoms with E-state index in [9.17, 15) is 9.59 Å². The van der Waals surface area contributed by atoms with Crippen LogP contribution in [-0.2, 0) is 27.4 Å². The molecule has 208 valence electrons. The Labute approximate surface area is 238 Å². The molecule has 0 aliphatic carbocycles. The predicted molar refractivity (Wildman–Crippen MR) is 156 cm³/mol. The molecule has 9 nitrogen and oxygen atoms in total. The van der Waals surface area contributed by atoms with Gasteiger partial charge in [0.15, 0.2) is 0 Å². The molecule has 0 spiro atoms. The van der Waals surface area contributed by atoms with Crippen molar-refractivity contribution in [1.29, 1.82) is 0 Å². The fraction of sp³-hybridized carbons (Fsp3) is 0.333. The second-order valence-electron chi connectivity index (χ2n) is 10.1. The number of nitrogens with one attached hydrogen (secondary N) is 1. The molecule has 0 saturated carbocycles. The number of ether oxygens (including phenoxy) is 1. The maximum atomic E-state index is 13.9. The molecule has 4 aromatic rings. The van der Waals surface area contributed by atoms with Crippen molar-refractivity contribution in [2.24, 2.45) is 0 Å². The van der Waals surface area contributed by atoms with Gasteiger partial charge in [0.25, 0.3) is 0 Å². The van der Waals surface area contributed by atoms with Gasteiger partial charge < -0.3 is 19.9 Å². The standard InChI is InChI=1S/C30H33ClN6O3/c1-3-30(2,29(39)32-24-12-14-25(15-13-24)35-16-18-40-19-17-35)36(20-22-8-10-23(31)11-9-22)28(38)21-37-27-7-5-4-6-26(27)33-34-37/h4-15H,3,16-21H2,1-2H3,(H,32,39). The van der Waals surface area contributed by atoms with Gasteiger partial charge in [0.1, 0.15) is 17.6 Å². The van der Waals surface area contributed by atoms with E-state index in [2.05, 4.69) is 20.5 Å². The number of hydrogen-bond donors (Lipinski definition) is 1. The summed E-state index contributed by atoms with van der Waals surface area (Å²) in [4.78, 5) is 31.7. The minimum atomic E-state index is -1.14. The summed E-state index contributed by atoms with van der Waals surface area (Å²) in [5, 5.41) is 12.0. The summed E-state index contributed by atoms with van der Waals surface area (Å²) < 4.78 is 7.02. The molecule has 1 saturated heterocycles. The van der Waals surface area contributed by atoms with Crippen molar-refractivity contribution < 1.29 is 14.3 Å². The first kappa shape index (κ1) is 27.6. The van der Waals surface area contributed by atoms with Crippen molar-refractivity contribution >= 4 is 45.8 Å². The summed E-state index contributed by atoms with van der Waals surface area (Å²) in [6, 6.07) is 22.6. The van der Waals surface area contributed by atoms with Crippen LogP contribution in [0, 0.1) is 0 Å². The largest absolute Gasteiger partial charge is 0.378 e. The quantitative estimate of drug-likeness (QED) is 0.317. The van der Waals surface area contributed by atoms with E-state index in [0.717, 1.165) is 29.9 Å². The molecule has 0 bridgehead atoms. The van der Waals surface area contributed by atoms with Crippen LogP contribution in [0.1, 0.15) is 25.8 Å². The molecule has 2 amide bonds. The van der Waals surface area contributed by atoms with Crippen LogP contribution in [0.5, 0.6) is 0 Å². The van der Waals surface area contributed by atoms with Crippen LogP contribution >= 0.6 is 11.6 Å². The van der Waals surface area contributed by atoms with Crippen molar-refractivity contribution in [2.45, 2.75) is 38.9 Å². The summed E-state index contributed by atoms with van der Waals surface area (Å²) >= 11 is 6.11. The Morgan fingerprint density at radius 2 is 1.73 bits per heavy atom. The van der Waals surface area contributed by atoms with Crippen molar-refractivity contribution in [3.8, 4) is 0 Å². The number of carbonyl (C=O) groups is 2. The molecule has 1 atom stereocenters. The number of morpholine rings is 1. The van der Waals surface area contributed by atoms with Crippen molar-refractivity contribution in [3.63, 3.8) is 0 Å². The summed E-state index contributed by atoms with van der Waals surface area (Å²) in [5.74, 6) is -0.507. The zero-order valence-corrected chi connectivity index (χ0v) is 23.5. The molecule has 1 fully saturated rings. The molecule has 1 aliphatic heterocycles. The first-order valence-electron chi connectivity index (χ1n) is 13.4. The number of benzene rings is 3. The third kappa shape index (κ3) is 5.95. The normalized spacial score (nSPS) is 15.0. The van der Waals surface area contributed by atoms with Crippen LogP contribution in [0.3, 0.4) is 0 Å². The number of aromatic nitrogens is 3. The minimum Gasteiger partial charge on any atom is -0.378 e. The average molecular weight is 561 g/mol. The molecular formula is C30H33ClN6O3. The highest BCUT2D eigenvalue weighted by Gasteiger charge is 2.41. The number of para-hydroxylation sites is 1. The van der Waals surface area contributed by atoms with E-state index in [1.54, 1.807) is 28.6 Å². The molecule has 1 aromatic heterocycles. The van der Waals surface area contributed by atoms with Gasteiger partial charge in [-0.25, -0.2) is 4.68 Å². The maximum Gasteiger partial charge on any atom is 0.250 e. The van der Waals surface area contributed by atoms with Gasteiger partial charge in [0, 0.05) is 36.0 Å². The highest BCUT2D eigenvalue weighted by atomic mass is 35.5. The Hall–Kier alpha value is -3.95. The fourth-order valence-corrected chi connectivity index (χ4v) is 5.00. The van der Waals surface area contributed by atoms with Gasteiger partial charge in [0.2, 0.25) is 11.8 Å². The predicted octanol–water partition coefficient (Wildman–Crippen LogP) is 4.76. The van der Waals surface area contributed by atoms with Crippen molar-refractivity contribution in [2.75, 3.05) is 36.5 Å². The lowest BCUT2D eigenvalue weighted by molar-refractivity contribution is -0.146. The number of nitrogens with zero attached hydrogens (tertiary/aromatic N) is 5. The Balaban J connectivity index is 1.39. The minimum absolute atomic E-state index is 0.0504. The lowest BCUT2D eigenvalue weighted by Crippen LogP contribution is -2.57. The second-order valence-corrected chi connectivity index (χ2v) is 10.5. The zero-order valence-electron chi connectivity index (χ0n) is 22.7. The number of carbonyl (C=O) groups excluding carboxylic acids is 2. The number of amides is 2. The van der Waals surface area contributed by atoms with Gasteiger partial charge in [-0.2, -0.15) is 0 Å². The van der Waals surface area contributed by atoms with E-state index >= 15 is 0 Å². The fourth-order valence-electron chi connectivity index (χ4n) is 4.87. The number of hydrogen-bond acceptors (Lipinski definition) is 6. The number of fused-ring (bicyclic) bond motifs is 1. The van der Waals surface area contributed by atoms with Crippen molar-refractivity contribution in [3.05, 3.63) is 83.4 Å². The van der Waals surface area contributed by atoms with Gasteiger partial charge >= 0.3 is 0 Å². The topological polar surface area (TPSA) is 92.6 Å². The van der Waals surface area contributed by atoms with Crippen LogP contribution in [-0.4, -0.2) is 63.6 Å². The maximum absolute atomic E-state index is 13.9. The van der Waals surface area contributed by atoms with E-state index < -0.39 is 5.54 Å². The van der Waals surface area contributed by atoms with Gasteiger partial charge in [-0.1, -0.05) is 48.0 Å². The Kier molecular flexibility index (Phi) is 8.32. The molecule has 1 N–H and O–H groups in total. The first-order valence-corrected chi connectivity index (χ1v) is 13.8. The molecule has 2 heterocycles. The summed E-state index contributed by atoms with van der Waals surface area (Å²) in [6.07, 6.45) is 0.405. The van der Waals surface area contributed by atoms with Crippen molar-refractivity contribution in [1.82, 2.24) is 19.9 Å². The van der Waals surface area contributed by atoms with Crippen LogP contribution in [0.4, 0.5) is 11.4 Å². The first-order chi connectivity index (χ1) is 19.4. The van der Waals surface area contributed by atoms with E-state index in [1.165, 1.54) is 0 Å². The number of anilines is 2. The number of halogens is 1. The van der Waals surface area contributed by atoms with E-state index in [-0.39, 0.29) is 24.9 Å². The van der Waals surface area contributed by atoms with Gasteiger partial charge in [-0.15, -0.1) is 5.10 Å². The Morgan fingerprint density at radius 3 is 2.42 bits per heavy atom. The van der Waals surface area contributed by atoms with E-state index in [1.807, 2.05) is 67.6 Å². The highest BCUT2D eigenvalue weighted by Crippen LogP contribution is 2.27. The molecule has 3 aromatic carbocycles. The third-order valence-corrected chi connectivity index (χ3v) is 7.79. The van der Waals surface area contributed by atoms with Crippen LogP contribution in [0.15, 0.2) is 72.8 Å². The van der Waals surface area contributed by atoms with Crippen LogP contribution in [0.2, 0.25) is 5.02 Å². The van der Waals surface area contributed by atoms with Crippen LogP contribution in [0.25, 0.3) is 11.0 Å². The lowest BCUT2D eigenvalue weighted by Gasteiger charge is -2.39. The highest BCUT2D eigenvalue weighted by molar-refractivity contribution is 6.30. The molecule has 10 heteroatoms. The number of rotatable bonds is 9. The molecular weight excluding hydrogens is 528 g/mol.